The van der Waals surface area contributed by atoms with Crippen LogP contribution in [0.25, 0.3) is 17.1 Å². The Morgan fingerprint density at radius 2 is 1.81 bits per heavy atom. The Balaban J connectivity index is 1.88. The molecule has 0 bridgehead atoms. The van der Waals surface area contributed by atoms with Crippen LogP contribution < -0.4 is 5.56 Å². The molecule has 7 nitrogen and oxygen atoms in total. The fraction of sp³-hybridized carbons (Fsp3) is 0.200. The van der Waals surface area contributed by atoms with E-state index in [1.807, 2.05) is 72.7 Å². The second-order valence-corrected chi connectivity index (χ2v) is 6.40. The first-order chi connectivity index (χ1) is 13.1. The van der Waals surface area contributed by atoms with Crippen LogP contribution in [-0.4, -0.2) is 28.9 Å². The second kappa shape index (κ2) is 6.68. The zero-order valence-corrected chi connectivity index (χ0v) is 15.4. The van der Waals surface area contributed by atoms with Crippen LogP contribution in [0, 0.1) is 6.92 Å². The number of para-hydroxylation sites is 1. The molecule has 0 aliphatic carbocycles. The summed E-state index contributed by atoms with van der Waals surface area (Å²) < 4.78 is 5.50. The lowest BCUT2D eigenvalue weighted by Gasteiger charge is -2.15. The van der Waals surface area contributed by atoms with E-state index in [0.29, 0.717) is 11.4 Å². The van der Waals surface area contributed by atoms with Crippen LogP contribution in [0.1, 0.15) is 24.4 Å². The van der Waals surface area contributed by atoms with Crippen molar-refractivity contribution in [2.24, 2.45) is 7.05 Å². The highest BCUT2D eigenvalue weighted by atomic mass is 16.1. The van der Waals surface area contributed by atoms with Crippen LogP contribution in [0.15, 0.2) is 66.1 Å². The Hall–Kier alpha value is -3.48. The maximum absolute atomic E-state index is 13.3. The third-order valence-electron chi connectivity index (χ3n) is 4.90. The van der Waals surface area contributed by atoms with Crippen molar-refractivity contribution >= 4 is 0 Å². The average Bonchev–Trinajstić information content (AvgIpc) is 3.25. The molecule has 136 valence electrons. The van der Waals surface area contributed by atoms with E-state index in [2.05, 4.69) is 15.0 Å². The monoisotopic (exact) mass is 360 g/mol. The SMILES string of the molecule is Cc1c(-c2nccn2[C@H](C)c2ccncn2)c(=O)n(-c2ccccc2)n1C. The van der Waals surface area contributed by atoms with Gasteiger partial charge in [0, 0.05) is 31.3 Å². The van der Waals surface area contributed by atoms with E-state index in [1.54, 1.807) is 17.1 Å². The van der Waals surface area contributed by atoms with Gasteiger partial charge in [0.05, 0.1) is 17.4 Å². The molecule has 0 fully saturated rings. The Kier molecular flexibility index (Phi) is 4.19. The van der Waals surface area contributed by atoms with Gasteiger partial charge in [-0.15, -0.1) is 0 Å². The molecule has 27 heavy (non-hydrogen) atoms. The lowest BCUT2D eigenvalue weighted by molar-refractivity contribution is 0.624. The molecule has 0 aliphatic rings. The molecule has 0 saturated heterocycles. The zero-order valence-electron chi connectivity index (χ0n) is 15.4. The predicted octanol–water partition coefficient (Wildman–Crippen LogP) is 2.75. The number of nitrogens with zero attached hydrogens (tertiary/aromatic N) is 6. The normalized spacial score (nSPS) is 12.3. The molecule has 0 unspecified atom stereocenters. The number of hydrogen-bond donors (Lipinski definition) is 0. The largest absolute Gasteiger partial charge is 0.322 e. The maximum Gasteiger partial charge on any atom is 0.282 e. The number of hydrogen-bond acceptors (Lipinski definition) is 4. The van der Waals surface area contributed by atoms with Gasteiger partial charge in [-0.05, 0) is 32.0 Å². The first kappa shape index (κ1) is 17.0. The fourth-order valence-electron chi connectivity index (χ4n) is 3.34. The van der Waals surface area contributed by atoms with Crippen LogP contribution >= 0.6 is 0 Å². The van der Waals surface area contributed by atoms with Crippen LogP contribution in [-0.2, 0) is 7.05 Å². The van der Waals surface area contributed by atoms with Gasteiger partial charge in [0.2, 0.25) is 0 Å². The van der Waals surface area contributed by atoms with Gasteiger partial charge in [-0.2, -0.15) is 0 Å². The van der Waals surface area contributed by atoms with Crippen molar-refractivity contribution in [2.45, 2.75) is 19.9 Å². The van der Waals surface area contributed by atoms with Crippen molar-refractivity contribution in [1.82, 2.24) is 28.9 Å². The van der Waals surface area contributed by atoms with Crippen molar-refractivity contribution in [3.8, 4) is 17.1 Å². The third kappa shape index (κ3) is 2.77. The van der Waals surface area contributed by atoms with Gasteiger partial charge >= 0.3 is 0 Å². The van der Waals surface area contributed by atoms with E-state index < -0.39 is 0 Å². The van der Waals surface area contributed by atoms with Crippen molar-refractivity contribution in [3.05, 3.63) is 83.1 Å². The van der Waals surface area contributed by atoms with Gasteiger partial charge < -0.3 is 4.57 Å². The molecule has 0 aliphatic heterocycles. The lowest BCUT2D eigenvalue weighted by atomic mass is 10.2. The molecule has 0 amide bonds. The van der Waals surface area contributed by atoms with E-state index in [4.69, 9.17) is 0 Å². The summed E-state index contributed by atoms with van der Waals surface area (Å²) in [5.41, 5.74) is 3.03. The van der Waals surface area contributed by atoms with Gasteiger partial charge in [-0.25, -0.2) is 19.6 Å². The summed E-state index contributed by atoms with van der Waals surface area (Å²) in [5, 5.41) is 0. The predicted molar refractivity (Wildman–Crippen MR) is 103 cm³/mol. The minimum absolute atomic E-state index is 0.0744. The Morgan fingerprint density at radius 1 is 1.04 bits per heavy atom. The summed E-state index contributed by atoms with van der Waals surface area (Å²) in [5.74, 6) is 0.633. The highest BCUT2D eigenvalue weighted by molar-refractivity contribution is 5.59. The van der Waals surface area contributed by atoms with Gasteiger partial charge in [0.25, 0.3) is 5.56 Å². The van der Waals surface area contributed by atoms with Gasteiger partial charge in [0.15, 0.2) is 0 Å². The molecule has 3 heterocycles. The van der Waals surface area contributed by atoms with Crippen molar-refractivity contribution < 1.29 is 0 Å². The van der Waals surface area contributed by atoms with Crippen LogP contribution in [0.2, 0.25) is 0 Å². The second-order valence-electron chi connectivity index (χ2n) is 6.40. The van der Waals surface area contributed by atoms with Gasteiger partial charge in [0.1, 0.15) is 17.7 Å². The zero-order chi connectivity index (χ0) is 19.0. The Bertz CT molecular complexity index is 1120. The summed E-state index contributed by atoms with van der Waals surface area (Å²) in [4.78, 5) is 26.1. The fourth-order valence-corrected chi connectivity index (χ4v) is 3.34. The molecule has 0 saturated carbocycles. The summed E-state index contributed by atoms with van der Waals surface area (Å²) in [6.45, 7) is 3.96. The van der Waals surface area contributed by atoms with E-state index in [-0.39, 0.29) is 11.6 Å². The summed E-state index contributed by atoms with van der Waals surface area (Å²) in [6.07, 6.45) is 6.83. The average molecular weight is 360 g/mol. The molecule has 4 aromatic rings. The molecule has 1 atom stereocenters. The first-order valence-electron chi connectivity index (χ1n) is 8.72. The van der Waals surface area contributed by atoms with Crippen LogP contribution in [0.4, 0.5) is 0 Å². The highest BCUT2D eigenvalue weighted by Gasteiger charge is 2.23. The smallest absolute Gasteiger partial charge is 0.282 e. The summed E-state index contributed by atoms with van der Waals surface area (Å²) in [7, 11) is 1.88. The van der Waals surface area contributed by atoms with Crippen molar-refractivity contribution in [3.63, 3.8) is 0 Å². The van der Waals surface area contributed by atoms with E-state index in [9.17, 15) is 4.79 Å². The minimum Gasteiger partial charge on any atom is -0.322 e. The Labute approximate surface area is 156 Å². The lowest BCUT2D eigenvalue weighted by Crippen LogP contribution is -2.21. The molecular formula is C20H20N6O. The Morgan fingerprint density at radius 3 is 2.52 bits per heavy atom. The number of benzene rings is 1. The molecular weight excluding hydrogens is 340 g/mol. The first-order valence-corrected chi connectivity index (χ1v) is 8.72. The number of aromatic nitrogens is 6. The quantitative estimate of drug-likeness (QED) is 0.561. The third-order valence-corrected chi connectivity index (χ3v) is 4.90. The molecule has 0 N–H and O–H groups in total. The maximum atomic E-state index is 13.3. The topological polar surface area (TPSA) is 70.5 Å². The number of rotatable bonds is 4. The molecule has 4 rings (SSSR count). The van der Waals surface area contributed by atoms with Gasteiger partial charge in [-0.3, -0.25) is 9.48 Å². The van der Waals surface area contributed by atoms with Gasteiger partial charge in [-0.1, -0.05) is 18.2 Å². The molecule has 3 aromatic heterocycles. The highest BCUT2D eigenvalue weighted by Crippen LogP contribution is 2.25. The standard InChI is InChI=1S/C20H20N6O/c1-14(17-9-10-21-13-23-17)25-12-11-22-19(25)18-15(2)24(3)26(20(18)27)16-7-5-4-6-8-16/h4-14H,1-3H3/t14-/m1/s1. The summed E-state index contributed by atoms with van der Waals surface area (Å²) >= 11 is 0. The minimum atomic E-state index is -0.0939. The van der Waals surface area contributed by atoms with E-state index in [1.165, 1.54) is 6.33 Å². The van der Waals surface area contributed by atoms with E-state index in [0.717, 1.165) is 17.1 Å². The molecule has 1 aromatic carbocycles. The number of imidazole rings is 1. The van der Waals surface area contributed by atoms with Crippen molar-refractivity contribution in [2.75, 3.05) is 0 Å². The molecule has 0 radical (unpaired) electrons. The summed E-state index contributed by atoms with van der Waals surface area (Å²) in [6, 6.07) is 11.4. The van der Waals surface area contributed by atoms with Crippen molar-refractivity contribution in [1.29, 1.82) is 0 Å². The molecule has 0 spiro atoms. The van der Waals surface area contributed by atoms with Crippen LogP contribution in [0.5, 0.6) is 0 Å². The molecule has 7 heteroatoms. The van der Waals surface area contributed by atoms with Crippen LogP contribution in [0.3, 0.4) is 0 Å². The van der Waals surface area contributed by atoms with E-state index >= 15 is 0 Å².